The molecular weight excluding hydrogens is 459 g/mol. The summed E-state index contributed by atoms with van der Waals surface area (Å²) in [6, 6.07) is 8.13. The molecule has 1 aliphatic heterocycles. The molecule has 2 aromatic heterocycles. The summed E-state index contributed by atoms with van der Waals surface area (Å²) in [6.07, 6.45) is 0.878. The quantitative estimate of drug-likeness (QED) is 0.556. The van der Waals surface area contributed by atoms with Gasteiger partial charge in [0.05, 0.1) is 6.54 Å². The SMILES string of the molecule is Cn1c(=O)c2c(nc(N3CCC(N)C3)n2Cc2ccccc2I)n(C)c1=O. The van der Waals surface area contributed by atoms with Crippen LogP contribution in [-0.4, -0.2) is 37.8 Å². The Labute approximate surface area is 169 Å². The molecular formula is C18H21IN6O2. The standard InChI is InChI=1S/C18H21IN6O2/c1-22-15-14(16(26)23(2)18(22)27)25(9-11-5-3-4-6-13(11)19)17(21-15)24-8-7-12(20)10-24/h3-6,12H,7-10,20H2,1-2H3. The fourth-order valence-electron chi connectivity index (χ4n) is 3.59. The molecule has 0 saturated carbocycles. The predicted molar refractivity (Wildman–Crippen MR) is 113 cm³/mol. The van der Waals surface area contributed by atoms with Crippen molar-refractivity contribution in [2.45, 2.75) is 19.0 Å². The van der Waals surface area contributed by atoms with Crippen LogP contribution in [0.3, 0.4) is 0 Å². The molecule has 0 radical (unpaired) electrons. The van der Waals surface area contributed by atoms with E-state index in [4.69, 9.17) is 10.7 Å². The number of imidazole rings is 1. The van der Waals surface area contributed by atoms with Crippen LogP contribution in [0.25, 0.3) is 11.2 Å². The van der Waals surface area contributed by atoms with Crippen LogP contribution in [0.4, 0.5) is 5.95 Å². The first-order valence-electron chi connectivity index (χ1n) is 8.78. The van der Waals surface area contributed by atoms with Gasteiger partial charge in [-0.15, -0.1) is 0 Å². The Morgan fingerprint density at radius 2 is 1.96 bits per heavy atom. The van der Waals surface area contributed by atoms with E-state index in [0.29, 0.717) is 30.2 Å². The molecule has 2 N–H and O–H groups in total. The summed E-state index contributed by atoms with van der Waals surface area (Å²) in [5, 5.41) is 0. The van der Waals surface area contributed by atoms with E-state index in [0.717, 1.165) is 26.7 Å². The number of nitrogens with two attached hydrogens (primary N) is 1. The molecule has 0 amide bonds. The Morgan fingerprint density at radius 1 is 1.22 bits per heavy atom. The zero-order valence-corrected chi connectivity index (χ0v) is 17.4. The van der Waals surface area contributed by atoms with E-state index in [1.54, 1.807) is 7.05 Å². The van der Waals surface area contributed by atoms with Crippen LogP contribution in [0.2, 0.25) is 0 Å². The summed E-state index contributed by atoms with van der Waals surface area (Å²) < 4.78 is 5.60. The summed E-state index contributed by atoms with van der Waals surface area (Å²) in [7, 11) is 3.15. The molecule has 1 aromatic carbocycles. The predicted octanol–water partition coefficient (Wildman–Crippen LogP) is 0.624. The zero-order chi connectivity index (χ0) is 19.3. The Bertz CT molecular complexity index is 1150. The van der Waals surface area contributed by atoms with Gasteiger partial charge in [0.15, 0.2) is 11.2 Å². The minimum Gasteiger partial charge on any atom is -0.341 e. The van der Waals surface area contributed by atoms with Crippen LogP contribution in [-0.2, 0) is 20.6 Å². The molecule has 0 bridgehead atoms. The number of aryl methyl sites for hydroxylation is 1. The first-order chi connectivity index (χ1) is 12.9. The fraction of sp³-hybridized carbons (Fsp3) is 0.389. The molecule has 8 nitrogen and oxygen atoms in total. The van der Waals surface area contributed by atoms with Gasteiger partial charge >= 0.3 is 5.69 Å². The van der Waals surface area contributed by atoms with E-state index in [2.05, 4.69) is 27.5 Å². The van der Waals surface area contributed by atoms with E-state index in [9.17, 15) is 9.59 Å². The maximum Gasteiger partial charge on any atom is 0.332 e. The van der Waals surface area contributed by atoms with Crippen molar-refractivity contribution >= 4 is 39.7 Å². The molecule has 1 saturated heterocycles. The number of aromatic nitrogens is 4. The summed E-state index contributed by atoms with van der Waals surface area (Å²) in [5.41, 5.74) is 7.32. The number of anilines is 1. The Kier molecular flexibility index (Phi) is 4.58. The molecule has 9 heteroatoms. The Hall–Kier alpha value is -2.14. The van der Waals surface area contributed by atoms with Crippen molar-refractivity contribution < 1.29 is 0 Å². The molecule has 1 unspecified atom stereocenters. The van der Waals surface area contributed by atoms with Gasteiger partial charge in [-0.05, 0) is 40.6 Å². The number of benzene rings is 1. The lowest BCUT2D eigenvalue weighted by atomic mass is 10.2. The van der Waals surface area contributed by atoms with E-state index in [-0.39, 0.29) is 17.3 Å². The lowest BCUT2D eigenvalue weighted by Gasteiger charge is -2.19. The second-order valence-electron chi connectivity index (χ2n) is 6.96. The summed E-state index contributed by atoms with van der Waals surface area (Å²) in [4.78, 5) is 32.1. The van der Waals surface area contributed by atoms with Crippen molar-refractivity contribution in [3.05, 3.63) is 54.2 Å². The highest BCUT2D eigenvalue weighted by atomic mass is 127. The van der Waals surface area contributed by atoms with Crippen LogP contribution >= 0.6 is 22.6 Å². The van der Waals surface area contributed by atoms with Crippen molar-refractivity contribution in [1.82, 2.24) is 18.7 Å². The first kappa shape index (κ1) is 18.2. The van der Waals surface area contributed by atoms with Gasteiger partial charge in [-0.3, -0.25) is 18.5 Å². The molecule has 27 heavy (non-hydrogen) atoms. The molecule has 0 aliphatic carbocycles. The van der Waals surface area contributed by atoms with Crippen molar-refractivity contribution in [2.75, 3.05) is 18.0 Å². The van der Waals surface area contributed by atoms with Crippen LogP contribution in [0, 0.1) is 3.57 Å². The van der Waals surface area contributed by atoms with Gasteiger partial charge in [0.2, 0.25) is 5.95 Å². The summed E-state index contributed by atoms with van der Waals surface area (Å²) in [5.74, 6) is 0.691. The number of rotatable bonds is 3. The van der Waals surface area contributed by atoms with Crippen LogP contribution in [0.1, 0.15) is 12.0 Å². The zero-order valence-electron chi connectivity index (χ0n) is 15.2. The van der Waals surface area contributed by atoms with Crippen molar-refractivity contribution in [3.63, 3.8) is 0 Å². The van der Waals surface area contributed by atoms with E-state index >= 15 is 0 Å². The van der Waals surface area contributed by atoms with Gasteiger partial charge < -0.3 is 10.6 Å². The van der Waals surface area contributed by atoms with Crippen molar-refractivity contribution in [1.29, 1.82) is 0 Å². The largest absolute Gasteiger partial charge is 0.341 e. The average Bonchev–Trinajstić information content (AvgIpc) is 3.24. The monoisotopic (exact) mass is 480 g/mol. The molecule has 3 aromatic rings. The summed E-state index contributed by atoms with van der Waals surface area (Å²) >= 11 is 2.29. The van der Waals surface area contributed by atoms with Gasteiger partial charge in [0.25, 0.3) is 5.56 Å². The Morgan fingerprint density at radius 3 is 2.63 bits per heavy atom. The minimum absolute atomic E-state index is 0.0850. The molecule has 1 aliphatic rings. The number of halogens is 1. The van der Waals surface area contributed by atoms with Gasteiger partial charge in [0.1, 0.15) is 0 Å². The van der Waals surface area contributed by atoms with Gasteiger partial charge in [-0.25, -0.2) is 4.79 Å². The molecule has 3 heterocycles. The Balaban J connectivity index is 2.00. The number of hydrogen-bond donors (Lipinski definition) is 1. The molecule has 4 rings (SSSR count). The lowest BCUT2D eigenvalue weighted by Crippen LogP contribution is -2.37. The highest BCUT2D eigenvalue weighted by Crippen LogP contribution is 2.25. The maximum atomic E-state index is 12.9. The van der Waals surface area contributed by atoms with E-state index < -0.39 is 0 Å². The highest BCUT2D eigenvalue weighted by molar-refractivity contribution is 14.1. The second-order valence-corrected chi connectivity index (χ2v) is 8.12. The highest BCUT2D eigenvalue weighted by Gasteiger charge is 2.27. The summed E-state index contributed by atoms with van der Waals surface area (Å²) in [6.45, 7) is 1.97. The molecule has 0 spiro atoms. The molecule has 1 fully saturated rings. The number of fused-ring (bicyclic) bond motifs is 1. The number of hydrogen-bond acceptors (Lipinski definition) is 5. The minimum atomic E-state index is -0.379. The first-order valence-corrected chi connectivity index (χ1v) is 9.86. The van der Waals surface area contributed by atoms with Crippen LogP contribution in [0.5, 0.6) is 0 Å². The third-order valence-electron chi connectivity index (χ3n) is 5.12. The lowest BCUT2D eigenvalue weighted by molar-refractivity contribution is 0.701. The second kappa shape index (κ2) is 6.79. The molecule has 1 atom stereocenters. The third kappa shape index (κ3) is 2.98. The third-order valence-corrected chi connectivity index (χ3v) is 6.17. The van der Waals surface area contributed by atoms with Gasteiger partial charge in [-0.1, -0.05) is 18.2 Å². The normalized spacial score (nSPS) is 17.2. The maximum absolute atomic E-state index is 12.9. The fourth-order valence-corrected chi connectivity index (χ4v) is 4.15. The van der Waals surface area contributed by atoms with E-state index in [1.165, 1.54) is 11.6 Å². The smallest absolute Gasteiger partial charge is 0.332 e. The van der Waals surface area contributed by atoms with Crippen molar-refractivity contribution in [2.24, 2.45) is 19.8 Å². The van der Waals surface area contributed by atoms with Gasteiger partial charge in [-0.2, -0.15) is 4.98 Å². The number of nitrogens with zero attached hydrogens (tertiary/aromatic N) is 5. The van der Waals surface area contributed by atoms with Crippen LogP contribution in [0.15, 0.2) is 33.9 Å². The topological polar surface area (TPSA) is 91.1 Å². The average molecular weight is 480 g/mol. The van der Waals surface area contributed by atoms with Crippen molar-refractivity contribution in [3.8, 4) is 0 Å². The van der Waals surface area contributed by atoms with E-state index in [1.807, 2.05) is 28.8 Å². The van der Waals surface area contributed by atoms with Crippen LogP contribution < -0.4 is 21.9 Å². The van der Waals surface area contributed by atoms with Gasteiger partial charge in [0, 0.05) is 36.8 Å². The molecule has 142 valence electrons.